The highest BCUT2D eigenvalue weighted by Gasteiger charge is 2.35. The lowest BCUT2D eigenvalue weighted by molar-refractivity contribution is -0.149. The van der Waals surface area contributed by atoms with E-state index < -0.39 is 5.54 Å². The van der Waals surface area contributed by atoms with Gasteiger partial charge in [0.2, 0.25) is 0 Å². The summed E-state index contributed by atoms with van der Waals surface area (Å²) in [5.41, 5.74) is -0.832. The fourth-order valence-electron chi connectivity index (χ4n) is 1.73. The fraction of sp³-hybridized carbons (Fsp3) is 0.929. The Balaban J connectivity index is 4.48. The van der Waals surface area contributed by atoms with E-state index >= 15 is 0 Å². The van der Waals surface area contributed by atoms with E-state index in [-0.39, 0.29) is 17.6 Å². The Morgan fingerprint density at radius 3 is 2.22 bits per heavy atom. The average molecular weight is 259 g/mol. The molecule has 0 rings (SSSR count). The van der Waals surface area contributed by atoms with Crippen molar-refractivity contribution < 1.29 is 14.3 Å². The van der Waals surface area contributed by atoms with Crippen LogP contribution < -0.4 is 5.32 Å². The zero-order valence-corrected chi connectivity index (χ0v) is 12.9. The van der Waals surface area contributed by atoms with Crippen LogP contribution in [0.25, 0.3) is 0 Å². The summed E-state index contributed by atoms with van der Waals surface area (Å²) in [6, 6.07) is 0.216. The summed E-state index contributed by atoms with van der Waals surface area (Å²) in [6.45, 7) is 12.6. The van der Waals surface area contributed by atoms with Crippen LogP contribution in [-0.4, -0.2) is 36.9 Å². The maximum Gasteiger partial charge on any atom is 0.325 e. The van der Waals surface area contributed by atoms with Gasteiger partial charge in [-0.3, -0.25) is 10.1 Å². The topological polar surface area (TPSA) is 47.6 Å². The number of methoxy groups -OCH3 is 1. The second-order valence-electron chi connectivity index (χ2n) is 5.83. The molecule has 0 aromatic rings. The molecule has 0 aromatic carbocycles. The van der Waals surface area contributed by atoms with Gasteiger partial charge in [0.25, 0.3) is 0 Å². The minimum Gasteiger partial charge on any atom is -0.468 e. The van der Waals surface area contributed by atoms with Crippen LogP contribution >= 0.6 is 0 Å². The first-order valence-corrected chi connectivity index (χ1v) is 6.67. The SMILES string of the molecule is CCC(C)(C)OCCC(C)(NC(C)C)C(=O)OC. The van der Waals surface area contributed by atoms with Crippen LogP contribution in [0.1, 0.15) is 54.4 Å². The van der Waals surface area contributed by atoms with Gasteiger partial charge in [-0.15, -0.1) is 0 Å². The van der Waals surface area contributed by atoms with E-state index in [9.17, 15) is 4.79 Å². The number of nitrogens with one attached hydrogen (secondary N) is 1. The molecule has 18 heavy (non-hydrogen) atoms. The number of ether oxygens (including phenoxy) is 2. The van der Waals surface area contributed by atoms with Crippen molar-refractivity contribution in [3.05, 3.63) is 0 Å². The van der Waals surface area contributed by atoms with Crippen molar-refractivity contribution in [2.75, 3.05) is 13.7 Å². The van der Waals surface area contributed by atoms with Crippen molar-refractivity contribution >= 4 is 5.97 Å². The molecule has 1 atom stereocenters. The summed E-state index contributed by atoms with van der Waals surface area (Å²) in [6.07, 6.45) is 1.54. The molecular weight excluding hydrogens is 230 g/mol. The van der Waals surface area contributed by atoms with Gasteiger partial charge in [0.05, 0.1) is 12.7 Å². The van der Waals surface area contributed by atoms with Gasteiger partial charge in [0.1, 0.15) is 5.54 Å². The summed E-state index contributed by atoms with van der Waals surface area (Å²) < 4.78 is 10.7. The standard InChI is InChI=1S/C14H29NO3/c1-8-13(4,5)18-10-9-14(6,12(16)17-7)15-11(2)3/h11,15H,8-10H2,1-7H3. The maximum atomic E-state index is 11.9. The first-order chi connectivity index (χ1) is 8.17. The van der Waals surface area contributed by atoms with E-state index in [1.165, 1.54) is 7.11 Å². The predicted molar refractivity (Wildman–Crippen MR) is 73.6 cm³/mol. The number of carbonyl (C=O) groups is 1. The van der Waals surface area contributed by atoms with Gasteiger partial charge >= 0.3 is 5.97 Å². The summed E-state index contributed by atoms with van der Waals surface area (Å²) in [4.78, 5) is 11.9. The molecule has 0 radical (unpaired) electrons. The van der Waals surface area contributed by atoms with Crippen molar-refractivity contribution in [1.82, 2.24) is 5.32 Å². The van der Waals surface area contributed by atoms with Gasteiger partial charge < -0.3 is 9.47 Å². The zero-order chi connectivity index (χ0) is 14.4. The Morgan fingerprint density at radius 2 is 1.83 bits per heavy atom. The molecule has 0 heterocycles. The lowest BCUT2D eigenvalue weighted by Crippen LogP contribution is -2.53. The van der Waals surface area contributed by atoms with Crippen molar-refractivity contribution in [2.45, 2.75) is 71.6 Å². The average Bonchev–Trinajstić information content (AvgIpc) is 2.26. The lowest BCUT2D eigenvalue weighted by atomic mass is 9.97. The summed E-state index contributed by atoms with van der Waals surface area (Å²) in [5.74, 6) is -0.242. The van der Waals surface area contributed by atoms with Crippen molar-refractivity contribution in [2.24, 2.45) is 0 Å². The minimum absolute atomic E-state index is 0.144. The molecule has 0 aromatic heterocycles. The molecule has 108 valence electrons. The highest BCUT2D eigenvalue weighted by Crippen LogP contribution is 2.18. The molecule has 1 N–H and O–H groups in total. The molecule has 0 saturated carbocycles. The Kier molecular flexibility index (Phi) is 6.86. The van der Waals surface area contributed by atoms with E-state index in [4.69, 9.17) is 9.47 Å². The maximum absolute atomic E-state index is 11.9. The number of carbonyl (C=O) groups excluding carboxylic acids is 1. The molecule has 1 unspecified atom stereocenters. The molecule has 0 fully saturated rings. The Labute approximate surface area is 111 Å². The van der Waals surface area contributed by atoms with Gasteiger partial charge in [0.15, 0.2) is 0 Å². The fourth-order valence-corrected chi connectivity index (χ4v) is 1.73. The van der Waals surface area contributed by atoms with E-state index in [1.807, 2.05) is 20.8 Å². The van der Waals surface area contributed by atoms with Crippen LogP contribution in [0.4, 0.5) is 0 Å². The Morgan fingerprint density at radius 1 is 1.28 bits per heavy atom. The first-order valence-electron chi connectivity index (χ1n) is 6.67. The molecule has 0 amide bonds. The van der Waals surface area contributed by atoms with Gasteiger partial charge in [-0.2, -0.15) is 0 Å². The zero-order valence-electron chi connectivity index (χ0n) is 12.9. The van der Waals surface area contributed by atoms with Crippen LogP contribution in [-0.2, 0) is 14.3 Å². The van der Waals surface area contributed by atoms with Crippen LogP contribution in [0.3, 0.4) is 0 Å². The van der Waals surface area contributed by atoms with E-state index in [0.29, 0.717) is 13.0 Å². The van der Waals surface area contributed by atoms with Gasteiger partial charge in [-0.05, 0) is 47.5 Å². The van der Waals surface area contributed by atoms with Crippen molar-refractivity contribution in [3.63, 3.8) is 0 Å². The van der Waals surface area contributed by atoms with Crippen LogP contribution in [0.5, 0.6) is 0 Å². The minimum atomic E-state index is -0.688. The first kappa shape index (κ1) is 17.4. The Hall–Kier alpha value is -0.610. The number of esters is 1. The van der Waals surface area contributed by atoms with Crippen LogP contribution in [0.2, 0.25) is 0 Å². The van der Waals surface area contributed by atoms with E-state index in [2.05, 4.69) is 26.1 Å². The second-order valence-corrected chi connectivity index (χ2v) is 5.83. The van der Waals surface area contributed by atoms with Crippen LogP contribution in [0.15, 0.2) is 0 Å². The van der Waals surface area contributed by atoms with Gasteiger partial charge in [0, 0.05) is 12.6 Å². The molecule has 0 aliphatic carbocycles. The third kappa shape index (κ3) is 5.83. The molecule has 4 heteroatoms. The smallest absolute Gasteiger partial charge is 0.325 e. The number of hydrogen-bond acceptors (Lipinski definition) is 4. The molecule has 0 spiro atoms. The summed E-state index contributed by atoms with van der Waals surface area (Å²) in [5, 5.41) is 3.26. The van der Waals surface area contributed by atoms with Gasteiger partial charge in [-0.1, -0.05) is 6.92 Å². The highest BCUT2D eigenvalue weighted by molar-refractivity contribution is 5.80. The van der Waals surface area contributed by atoms with Gasteiger partial charge in [-0.25, -0.2) is 0 Å². The largest absolute Gasteiger partial charge is 0.468 e. The van der Waals surface area contributed by atoms with Crippen molar-refractivity contribution in [3.8, 4) is 0 Å². The molecule has 4 nitrogen and oxygen atoms in total. The van der Waals surface area contributed by atoms with Crippen LogP contribution in [0, 0.1) is 0 Å². The molecular formula is C14H29NO3. The molecule has 0 saturated heterocycles. The van der Waals surface area contributed by atoms with E-state index in [1.54, 1.807) is 0 Å². The van der Waals surface area contributed by atoms with E-state index in [0.717, 1.165) is 6.42 Å². The number of hydrogen-bond donors (Lipinski definition) is 1. The summed E-state index contributed by atoms with van der Waals surface area (Å²) in [7, 11) is 1.42. The highest BCUT2D eigenvalue weighted by atomic mass is 16.5. The summed E-state index contributed by atoms with van der Waals surface area (Å²) >= 11 is 0. The predicted octanol–water partition coefficient (Wildman–Crippen LogP) is 2.51. The monoisotopic (exact) mass is 259 g/mol. The molecule has 0 bridgehead atoms. The quantitative estimate of drug-likeness (QED) is 0.680. The normalized spacial score (nSPS) is 15.6. The molecule has 0 aliphatic heterocycles. The Bertz CT molecular complexity index is 264. The second kappa shape index (κ2) is 7.10. The molecule has 0 aliphatic rings. The van der Waals surface area contributed by atoms with Crippen molar-refractivity contribution in [1.29, 1.82) is 0 Å². The third-order valence-electron chi connectivity index (χ3n) is 3.19. The number of rotatable bonds is 8. The lowest BCUT2D eigenvalue weighted by Gasteiger charge is -2.32. The third-order valence-corrected chi connectivity index (χ3v) is 3.19.